The minimum atomic E-state index is -0.549. The fourth-order valence-corrected chi connectivity index (χ4v) is 0.911. The van der Waals surface area contributed by atoms with Crippen LogP contribution in [0, 0.1) is 17.2 Å². The molecule has 60 valence electrons. The molecule has 0 unspecified atom stereocenters. The number of nitriles is 1. The number of Topliss-reactive ketones (excluding diaryl/α,β-unsaturated/α-hetero) is 1. The molecular weight excluding hydrogens is 150 g/mol. The smallest absolute Gasteiger partial charge is 0.179 e. The maximum absolute atomic E-state index is 11.4. The summed E-state index contributed by atoms with van der Waals surface area (Å²) in [5.41, 5.74) is 0.603. The van der Waals surface area contributed by atoms with Gasteiger partial charge in [0.2, 0.25) is 0 Å². The molecule has 0 N–H and O–H groups in total. The van der Waals surface area contributed by atoms with Gasteiger partial charge in [-0.25, -0.2) is 0 Å². The zero-order valence-electron chi connectivity index (χ0n) is 6.82. The molecule has 0 aromatic heterocycles. The first-order chi connectivity index (χ1) is 5.75. The van der Waals surface area contributed by atoms with Crippen LogP contribution >= 0.6 is 0 Å². The average Bonchev–Trinajstić information content (AvgIpc) is 2.17. The Hall–Kier alpha value is -1.62. The van der Waals surface area contributed by atoms with Crippen molar-refractivity contribution in [1.82, 2.24) is 0 Å². The van der Waals surface area contributed by atoms with Crippen molar-refractivity contribution in [3.05, 3.63) is 35.9 Å². The molecule has 0 spiro atoms. The number of carbonyl (C=O) groups is 1. The molecule has 0 amide bonds. The number of hydrogen-bond acceptors (Lipinski definition) is 2. The second-order valence-corrected chi connectivity index (χ2v) is 2.58. The summed E-state index contributed by atoms with van der Waals surface area (Å²) >= 11 is 0. The SMILES string of the molecule is C[C@H](C#N)C(=O)c1ccccc1. The third kappa shape index (κ3) is 1.70. The Bertz CT molecular complexity index is 310. The molecule has 0 saturated carbocycles. The topological polar surface area (TPSA) is 40.9 Å². The first-order valence-electron chi connectivity index (χ1n) is 3.74. The highest BCUT2D eigenvalue weighted by Crippen LogP contribution is 2.06. The van der Waals surface area contributed by atoms with E-state index in [0.717, 1.165) is 0 Å². The molecule has 0 bridgehead atoms. The summed E-state index contributed by atoms with van der Waals surface area (Å²) < 4.78 is 0. The van der Waals surface area contributed by atoms with Gasteiger partial charge in [-0.15, -0.1) is 0 Å². The number of benzene rings is 1. The minimum Gasteiger partial charge on any atom is -0.293 e. The Kier molecular flexibility index (Phi) is 2.60. The van der Waals surface area contributed by atoms with Gasteiger partial charge in [-0.05, 0) is 6.92 Å². The highest BCUT2D eigenvalue weighted by atomic mass is 16.1. The Morgan fingerprint density at radius 2 is 2.00 bits per heavy atom. The summed E-state index contributed by atoms with van der Waals surface area (Å²) in [5.74, 6) is -0.662. The van der Waals surface area contributed by atoms with E-state index in [4.69, 9.17) is 5.26 Å². The van der Waals surface area contributed by atoms with Gasteiger partial charge in [-0.3, -0.25) is 4.79 Å². The van der Waals surface area contributed by atoms with Gasteiger partial charge < -0.3 is 0 Å². The van der Waals surface area contributed by atoms with Crippen molar-refractivity contribution in [2.45, 2.75) is 6.92 Å². The first-order valence-corrected chi connectivity index (χ1v) is 3.74. The van der Waals surface area contributed by atoms with Crippen LogP contribution in [0.5, 0.6) is 0 Å². The molecular formula is C10H9NO. The lowest BCUT2D eigenvalue weighted by molar-refractivity contribution is 0.0956. The van der Waals surface area contributed by atoms with E-state index in [9.17, 15) is 4.79 Å². The first kappa shape index (κ1) is 8.48. The van der Waals surface area contributed by atoms with Crippen LogP contribution in [0.25, 0.3) is 0 Å². The fraction of sp³-hybridized carbons (Fsp3) is 0.200. The van der Waals surface area contributed by atoms with Crippen molar-refractivity contribution in [2.75, 3.05) is 0 Å². The van der Waals surface area contributed by atoms with Crippen LogP contribution in [0.3, 0.4) is 0 Å². The van der Waals surface area contributed by atoms with E-state index < -0.39 is 5.92 Å². The maximum Gasteiger partial charge on any atom is 0.179 e. The standard InChI is InChI=1S/C10H9NO/c1-8(7-11)10(12)9-5-3-2-4-6-9/h2-6,8H,1H3/t8-/m1/s1. The van der Waals surface area contributed by atoms with Gasteiger partial charge in [0.05, 0.1) is 6.07 Å². The molecule has 0 aliphatic heterocycles. The van der Waals surface area contributed by atoms with Crippen molar-refractivity contribution < 1.29 is 4.79 Å². The lowest BCUT2D eigenvalue weighted by Crippen LogP contribution is -2.08. The lowest BCUT2D eigenvalue weighted by atomic mass is 10.0. The molecule has 1 aromatic carbocycles. The van der Waals surface area contributed by atoms with E-state index in [1.165, 1.54) is 0 Å². The zero-order valence-corrected chi connectivity index (χ0v) is 6.82. The molecule has 12 heavy (non-hydrogen) atoms. The molecule has 0 saturated heterocycles. The van der Waals surface area contributed by atoms with Crippen LogP contribution in [0.2, 0.25) is 0 Å². The summed E-state index contributed by atoms with van der Waals surface area (Å²) in [6, 6.07) is 10.8. The van der Waals surface area contributed by atoms with E-state index in [-0.39, 0.29) is 5.78 Å². The van der Waals surface area contributed by atoms with Crippen LogP contribution in [-0.2, 0) is 0 Å². The minimum absolute atomic E-state index is 0.113. The Balaban J connectivity index is 2.88. The quantitative estimate of drug-likeness (QED) is 0.619. The summed E-state index contributed by atoms with van der Waals surface area (Å²) in [5, 5.41) is 8.50. The summed E-state index contributed by atoms with van der Waals surface area (Å²) in [6.45, 7) is 1.61. The second-order valence-electron chi connectivity index (χ2n) is 2.58. The highest BCUT2D eigenvalue weighted by Gasteiger charge is 2.12. The van der Waals surface area contributed by atoms with E-state index in [2.05, 4.69) is 0 Å². The number of carbonyl (C=O) groups excluding carboxylic acids is 1. The third-order valence-electron chi connectivity index (χ3n) is 1.65. The van der Waals surface area contributed by atoms with Gasteiger partial charge in [0, 0.05) is 5.56 Å². The summed E-state index contributed by atoms with van der Waals surface area (Å²) in [7, 11) is 0. The molecule has 0 aliphatic rings. The van der Waals surface area contributed by atoms with E-state index >= 15 is 0 Å². The fourth-order valence-electron chi connectivity index (χ4n) is 0.911. The Morgan fingerprint density at radius 1 is 1.42 bits per heavy atom. The molecule has 1 atom stereocenters. The highest BCUT2D eigenvalue weighted by molar-refractivity contribution is 5.98. The van der Waals surface area contributed by atoms with Gasteiger partial charge in [0.1, 0.15) is 5.92 Å². The second kappa shape index (κ2) is 3.68. The molecule has 2 heteroatoms. The van der Waals surface area contributed by atoms with Crippen LogP contribution in [0.1, 0.15) is 17.3 Å². The number of rotatable bonds is 2. The largest absolute Gasteiger partial charge is 0.293 e. The molecule has 1 aromatic rings. The van der Waals surface area contributed by atoms with Crippen molar-refractivity contribution in [3.63, 3.8) is 0 Å². The number of hydrogen-bond donors (Lipinski definition) is 0. The maximum atomic E-state index is 11.4. The molecule has 0 aliphatic carbocycles. The van der Waals surface area contributed by atoms with Crippen LogP contribution < -0.4 is 0 Å². The van der Waals surface area contributed by atoms with Gasteiger partial charge in [0.15, 0.2) is 5.78 Å². The van der Waals surface area contributed by atoms with Crippen molar-refractivity contribution in [1.29, 1.82) is 5.26 Å². The third-order valence-corrected chi connectivity index (χ3v) is 1.65. The predicted octanol–water partition coefficient (Wildman–Crippen LogP) is 2.03. The lowest BCUT2D eigenvalue weighted by Gasteiger charge is -1.99. The van der Waals surface area contributed by atoms with Crippen LogP contribution in [0.15, 0.2) is 30.3 Å². The van der Waals surface area contributed by atoms with Gasteiger partial charge >= 0.3 is 0 Å². The van der Waals surface area contributed by atoms with E-state index in [1.54, 1.807) is 31.2 Å². The summed E-state index contributed by atoms with van der Waals surface area (Å²) in [4.78, 5) is 11.4. The number of nitrogens with zero attached hydrogens (tertiary/aromatic N) is 1. The zero-order chi connectivity index (χ0) is 8.97. The normalized spacial score (nSPS) is 11.7. The average molecular weight is 159 g/mol. The van der Waals surface area contributed by atoms with Crippen LogP contribution in [-0.4, -0.2) is 5.78 Å². The van der Waals surface area contributed by atoms with Gasteiger partial charge in [0.25, 0.3) is 0 Å². The van der Waals surface area contributed by atoms with Crippen molar-refractivity contribution in [2.24, 2.45) is 5.92 Å². The molecule has 0 radical (unpaired) electrons. The Labute approximate surface area is 71.4 Å². The Morgan fingerprint density at radius 3 is 2.50 bits per heavy atom. The predicted molar refractivity (Wildman–Crippen MR) is 45.5 cm³/mol. The van der Waals surface area contributed by atoms with Crippen molar-refractivity contribution >= 4 is 5.78 Å². The van der Waals surface area contributed by atoms with Crippen molar-refractivity contribution in [3.8, 4) is 6.07 Å². The number of ketones is 1. The molecule has 0 heterocycles. The van der Waals surface area contributed by atoms with Crippen LogP contribution in [0.4, 0.5) is 0 Å². The molecule has 2 nitrogen and oxygen atoms in total. The van der Waals surface area contributed by atoms with Gasteiger partial charge in [-0.2, -0.15) is 5.26 Å². The summed E-state index contributed by atoms with van der Waals surface area (Å²) in [6.07, 6.45) is 0. The monoisotopic (exact) mass is 159 g/mol. The van der Waals surface area contributed by atoms with E-state index in [0.29, 0.717) is 5.56 Å². The van der Waals surface area contributed by atoms with Gasteiger partial charge in [-0.1, -0.05) is 30.3 Å². The van der Waals surface area contributed by atoms with E-state index in [1.807, 2.05) is 12.1 Å². The molecule has 1 rings (SSSR count). The molecule has 0 fully saturated rings.